The van der Waals surface area contributed by atoms with E-state index in [9.17, 15) is 13.6 Å². The van der Waals surface area contributed by atoms with Crippen molar-refractivity contribution in [2.75, 3.05) is 0 Å². The zero-order valence-corrected chi connectivity index (χ0v) is 12.9. The Morgan fingerprint density at radius 2 is 1.76 bits per heavy atom. The molecule has 2 aliphatic rings. The quantitative estimate of drug-likeness (QED) is 0.696. The van der Waals surface area contributed by atoms with E-state index in [1.54, 1.807) is 12.1 Å². The number of benzene rings is 1. The summed E-state index contributed by atoms with van der Waals surface area (Å²) in [5, 5.41) is 0. The maximum atomic E-state index is 13.8. The van der Waals surface area contributed by atoms with Gasteiger partial charge in [-0.25, -0.2) is 8.78 Å². The Balaban J connectivity index is 1.66. The van der Waals surface area contributed by atoms with Gasteiger partial charge in [-0.2, -0.15) is 0 Å². The van der Waals surface area contributed by atoms with Crippen molar-refractivity contribution in [3.05, 3.63) is 35.4 Å². The normalized spacial score (nSPS) is 31.8. The second-order valence-electron chi connectivity index (χ2n) is 6.11. The Morgan fingerprint density at radius 1 is 1.10 bits per heavy atom. The molecule has 2 saturated carbocycles. The highest BCUT2D eigenvalue weighted by atomic mass is 35.5. The number of ketones is 1. The maximum Gasteiger partial charge on any atom is 0.179 e. The third kappa shape index (κ3) is 2.59. The molecule has 3 rings (SSSR count). The number of Topliss-reactive ketones (excluding diaryl/α,β-unsaturated/α-hetero) is 1. The van der Waals surface area contributed by atoms with Gasteiger partial charge >= 0.3 is 0 Å². The molecule has 0 aliphatic heterocycles. The van der Waals surface area contributed by atoms with Crippen LogP contribution in [0.1, 0.15) is 43.6 Å². The lowest BCUT2D eigenvalue weighted by Gasteiger charge is -2.45. The van der Waals surface area contributed by atoms with Crippen LogP contribution >= 0.6 is 23.2 Å². The monoisotopic (exact) mass is 332 g/mol. The fraction of sp³-hybridized carbons (Fsp3) is 0.562. The van der Waals surface area contributed by atoms with Gasteiger partial charge in [0, 0.05) is 12.3 Å². The molecular formula is C16H16Cl2F2O. The van der Waals surface area contributed by atoms with E-state index in [0.29, 0.717) is 17.9 Å². The predicted molar refractivity (Wildman–Crippen MR) is 78.6 cm³/mol. The van der Waals surface area contributed by atoms with Crippen LogP contribution in [-0.2, 0) is 4.79 Å². The molecule has 114 valence electrons. The van der Waals surface area contributed by atoms with Crippen LogP contribution in [0.2, 0.25) is 0 Å². The largest absolute Gasteiger partial charge is 0.296 e. The Labute approximate surface area is 132 Å². The van der Waals surface area contributed by atoms with Gasteiger partial charge in [-0.15, -0.1) is 0 Å². The molecule has 1 unspecified atom stereocenters. The number of alkyl halides is 2. The van der Waals surface area contributed by atoms with Crippen molar-refractivity contribution in [3.63, 3.8) is 0 Å². The van der Waals surface area contributed by atoms with Crippen LogP contribution in [0.5, 0.6) is 0 Å². The van der Waals surface area contributed by atoms with Crippen LogP contribution in [-0.4, -0.2) is 10.1 Å². The number of halogens is 4. The Morgan fingerprint density at radius 3 is 2.33 bits per heavy atom. The van der Waals surface area contributed by atoms with Crippen LogP contribution < -0.4 is 0 Å². The molecule has 2 aliphatic carbocycles. The number of hydrogen-bond donors (Lipinski definition) is 0. The molecule has 0 saturated heterocycles. The number of carbonyl (C=O) groups is 1. The summed E-state index contributed by atoms with van der Waals surface area (Å²) in [6.45, 7) is 0. The van der Waals surface area contributed by atoms with Gasteiger partial charge in [-0.1, -0.05) is 35.3 Å². The van der Waals surface area contributed by atoms with Crippen molar-refractivity contribution >= 4 is 29.0 Å². The lowest BCUT2D eigenvalue weighted by atomic mass is 9.66. The van der Waals surface area contributed by atoms with E-state index < -0.39 is 16.0 Å². The highest BCUT2D eigenvalue weighted by molar-refractivity contribution is 6.60. The zero-order chi connectivity index (χ0) is 15.2. The van der Waals surface area contributed by atoms with Crippen molar-refractivity contribution in [2.45, 2.75) is 42.4 Å². The minimum atomic E-state index is -1.23. The summed E-state index contributed by atoms with van der Waals surface area (Å²) in [6.07, 6.45) is 3.69. The molecule has 21 heavy (non-hydrogen) atoms. The average Bonchev–Trinajstić information content (AvgIpc) is 2.48. The van der Waals surface area contributed by atoms with Crippen LogP contribution in [0, 0.1) is 23.5 Å². The lowest BCUT2D eigenvalue weighted by Crippen LogP contribution is -2.51. The molecule has 0 radical (unpaired) electrons. The molecule has 1 nitrogen and oxygen atoms in total. The van der Waals surface area contributed by atoms with Gasteiger partial charge < -0.3 is 0 Å². The van der Waals surface area contributed by atoms with Crippen LogP contribution in [0.25, 0.3) is 0 Å². The van der Waals surface area contributed by atoms with Gasteiger partial charge in [-0.05, 0) is 49.1 Å². The first-order valence-corrected chi connectivity index (χ1v) is 8.02. The van der Waals surface area contributed by atoms with Gasteiger partial charge in [0.2, 0.25) is 0 Å². The Bertz CT molecular complexity index is 565. The lowest BCUT2D eigenvalue weighted by molar-refractivity contribution is -0.130. The Kier molecular flexibility index (Phi) is 4.00. The molecule has 5 heteroatoms. The molecular weight excluding hydrogens is 317 g/mol. The van der Waals surface area contributed by atoms with E-state index in [1.165, 1.54) is 0 Å². The van der Waals surface area contributed by atoms with E-state index in [2.05, 4.69) is 0 Å². The molecule has 0 spiro atoms. The second kappa shape index (κ2) is 5.51. The van der Waals surface area contributed by atoms with Crippen molar-refractivity contribution in [3.8, 4) is 0 Å². The Hall–Kier alpha value is -0.670. The van der Waals surface area contributed by atoms with E-state index >= 15 is 0 Å². The number of carbonyl (C=O) groups excluding carboxylic acids is 1. The fourth-order valence-electron chi connectivity index (χ4n) is 3.67. The molecule has 1 aromatic carbocycles. The minimum Gasteiger partial charge on any atom is -0.296 e. The van der Waals surface area contributed by atoms with Gasteiger partial charge in [0.25, 0.3) is 0 Å². The smallest absolute Gasteiger partial charge is 0.179 e. The van der Waals surface area contributed by atoms with Crippen molar-refractivity contribution in [1.82, 2.24) is 0 Å². The standard InChI is InChI=1S/C16H16Cl2F2O/c17-16(18)12(8-14(16)21)10-6-4-9(5-7-10)11-2-1-3-13(19)15(11)20/h1-3,9-10,12H,4-8H2. The third-order valence-electron chi connectivity index (χ3n) is 5.00. The van der Waals surface area contributed by atoms with Crippen molar-refractivity contribution in [2.24, 2.45) is 11.8 Å². The molecule has 0 heterocycles. The molecule has 0 aromatic heterocycles. The fourth-order valence-corrected chi connectivity index (χ4v) is 4.34. The van der Waals surface area contributed by atoms with Gasteiger partial charge in [0.15, 0.2) is 21.8 Å². The SMILES string of the molecule is O=C1CC(C2CCC(c3cccc(F)c3F)CC2)C1(Cl)Cl. The van der Waals surface area contributed by atoms with Crippen molar-refractivity contribution in [1.29, 1.82) is 0 Å². The van der Waals surface area contributed by atoms with Gasteiger partial charge in [0.1, 0.15) is 0 Å². The summed E-state index contributed by atoms with van der Waals surface area (Å²) in [5.74, 6) is -1.29. The predicted octanol–water partition coefficient (Wildman–Crippen LogP) is 5.00. The van der Waals surface area contributed by atoms with E-state index in [-0.39, 0.29) is 17.6 Å². The molecule has 0 amide bonds. The summed E-state index contributed by atoms with van der Waals surface area (Å²) < 4.78 is 25.9. The minimum absolute atomic E-state index is 0.00615. The summed E-state index contributed by atoms with van der Waals surface area (Å²) in [4.78, 5) is 11.4. The van der Waals surface area contributed by atoms with E-state index in [1.807, 2.05) is 0 Å². The first-order chi connectivity index (χ1) is 9.91. The van der Waals surface area contributed by atoms with Crippen LogP contribution in [0.4, 0.5) is 8.78 Å². The molecule has 0 N–H and O–H groups in total. The van der Waals surface area contributed by atoms with Gasteiger partial charge in [-0.3, -0.25) is 4.79 Å². The first kappa shape index (κ1) is 15.2. The van der Waals surface area contributed by atoms with Crippen LogP contribution in [0.15, 0.2) is 18.2 Å². The van der Waals surface area contributed by atoms with Crippen molar-refractivity contribution < 1.29 is 13.6 Å². The number of hydrogen-bond acceptors (Lipinski definition) is 1. The molecule has 1 atom stereocenters. The first-order valence-electron chi connectivity index (χ1n) is 7.26. The highest BCUT2D eigenvalue weighted by Crippen LogP contribution is 2.53. The number of rotatable bonds is 2. The summed E-state index contributed by atoms with van der Waals surface area (Å²) >= 11 is 12.1. The van der Waals surface area contributed by atoms with Gasteiger partial charge in [0.05, 0.1) is 0 Å². The molecule has 0 bridgehead atoms. The molecule has 2 fully saturated rings. The second-order valence-corrected chi connectivity index (χ2v) is 7.50. The van der Waals surface area contributed by atoms with E-state index in [0.717, 1.165) is 31.7 Å². The third-order valence-corrected chi connectivity index (χ3v) is 5.99. The maximum absolute atomic E-state index is 13.8. The summed E-state index contributed by atoms with van der Waals surface area (Å²) in [7, 11) is 0. The highest BCUT2D eigenvalue weighted by Gasteiger charge is 2.55. The van der Waals surface area contributed by atoms with E-state index in [4.69, 9.17) is 23.2 Å². The molecule has 1 aromatic rings. The summed E-state index contributed by atoms with van der Waals surface area (Å²) in [6, 6.07) is 4.34. The zero-order valence-electron chi connectivity index (χ0n) is 11.4. The average molecular weight is 333 g/mol. The topological polar surface area (TPSA) is 17.1 Å². The van der Waals surface area contributed by atoms with Crippen LogP contribution in [0.3, 0.4) is 0 Å². The summed E-state index contributed by atoms with van der Waals surface area (Å²) in [5.41, 5.74) is 0.459.